The van der Waals surface area contributed by atoms with Gasteiger partial charge in [0.15, 0.2) is 0 Å². The van der Waals surface area contributed by atoms with E-state index in [2.05, 4.69) is 4.72 Å². The van der Waals surface area contributed by atoms with E-state index in [1.165, 1.54) is 0 Å². The Kier molecular flexibility index (Phi) is 5.05. The molecular weight excluding hydrogens is 324 g/mol. The zero-order chi connectivity index (χ0) is 17.8. The first kappa shape index (κ1) is 17.7. The molecule has 2 rings (SSSR count). The first-order chi connectivity index (χ1) is 11.2. The lowest BCUT2D eigenvalue weighted by Gasteiger charge is -2.24. The van der Waals surface area contributed by atoms with Gasteiger partial charge in [-0.3, -0.25) is 9.52 Å². The molecule has 0 spiro atoms. The van der Waals surface area contributed by atoms with Crippen molar-refractivity contribution in [1.82, 2.24) is 4.72 Å². The summed E-state index contributed by atoms with van der Waals surface area (Å²) in [5, 5.41) is 8.75. The van der Waals surface area contributed by atoms with Crippen molar-refractivity contribution in [2.75, 3.05) is 0 Å². The average molecular weight is 342 g/mol. The number of benzene rings is 2. The number of nitrogens with zero attached hydrogens (tertiary/aromatic N) is 1. The molecule has 2 aromatic rings. The summed E-state index contributed by atoms with van der Waals surface area (Å²) in [6.07, 6.45) is 0. The topological polar surface area (TPSA) is 87.0 Å². The van der Waals surface area contributed by atoms with E-state index >= 15 is 0 Å². The molecule has 0 aliphatic carbocycles. The van der Waals surface area contributed by atoms with Gasteiger partial charge in [0.2, 0.25) is 15.9 Å². The number of carbonyl (C=O) groups excluding carboxylic acids is 1. The van der Waals surface area contributed by atoms with Gasteiger partial charge in [-0.25, -0.2) is 8.42 Å². The maximum atomic E-state index is 12.4. The van der Waals surface area contributed by atoms with Gasteiger partial charge in [0.1, 0.15) is 0 Å². The molecule has 0 bridgehead atoms. The van der Waals surface area contributed by atoms with Crippen LogP contribution in [0.1, 0.15) is 30.5 Å². The van der Waals surface area contributed by atoms with Crippen molar-refractivity contribution in [1.29, 1.82) is 5.26 Å². The van der Waals surface area contributed by atoms with Crippen LogP contribution >= 0.6 is 0 Å². The highest BCUT2D eigenvalue weighted by Gasteiger charge is 2.32. The maximum absolute atomic E-state index is 12.4. The second kappa shape index (κ2) is 6.85. The zero-order valence-corrected chi connectivity index (χ0v) is 14.3. The Labute approximate surface area is 142 Å². The molecule has 0 aliphatic heterocycles. The van der Waals surface area contributed by atoms with Crippen LogP contribution in [-0.4, -0.2) is 14.3 Å². The van der Waals surface area contributed by atoms with E-state index in [0.717, 1.165) is 5.56 Å². The van der Waals surface area contributed by atoms with Crippen molar-refractivity contribution in [2.45, 2.75) is 25.0 Å². The van der Waals surface area contributed by atoms with Crippen LogP contribution in [0.4, 0.5) is 0 Å². The minimum Gasteiger partial charge on any atom is -0.273 e. The first-order valence-electron chi connectivity index (χ1n) is 7.34. The molecule has 1 N–H and O–H groups in total. The third kappa shape index (κ3) is 4.21. The molecule has 0 radical (unpaired) electrons. The van der Waals surface area contributed by atoms with Gasteiger partial charge in [0.25, 0.3) is 0 Å². The van der Waals surface area contributed by atoms with Crippen LogP contribution in [0, 0.1) is 11.3 Å². The summed E-state index contributed by atoms with van der Waals surface area (Å²) in [4.78, 5) is 12.4. The Morgan fingerprint density at radius 1 is 1.08 bits per heavy atom. The second-order valence-corrected chi connectivity index (χ2v) is 7.71. The number of sulfonamides is 1. The van der Waals surface area contributed by atoms with Gasteiger partial charge < -0.3 is 0 Å². The molecule has 124 valence electrons. The van der Waals surface area contributed by atoms with Crippen molar-refractivity contribution in [3.8, 4) is 6.07 Å². The summed E-state index contributed by atoms with van der Waals surface area (Å²) in [5.74, 6) is -0.905. The molecule has 5 nitrogen and oxygen atoms in total. The van der Waals surface area contributed by atoms with Crippen molar-refractivity contribution in [3.63, 3.8) is 0 Å². The number of nitrogens with one attached hydrogen (secondary N) is 1. The van der Waals surface area contributed by atoms with Crippen LogP contribution in [0.25, 0.3) is 0 Å². The lowest BCUT2D eigenvalue weighted by atomic mass is 9.84. The third-order valence-electron chi connectivity index (χ3n) is 3.75. The number of amides is 1. The average Bonchev–Trinajstić information content (AvgIpc) is 2.55. The molecule has 2 aromatic carbocycles. The van der Waals surface area contributed by atoms with E-state index < -0.39 is 21.3 Å². The Balaban J connectivity index is 2.13. The molecule has 0 saturated carbocycles. The van der Waals surface area contributed by atoms with E-state index in [1.807, 2.05) is 12.1 Å². The Morgan fingerprint density at radius 2 is 1.67 bits per heavy atom. The monoisotopic (exact) mass is 342 g/mol. The van der Waals surface area contributed by atoms with Crippen LogP contribution in [-0.2, 0) is 26.0 Å². The molecule has 24 heavy (non-hydrogen) atoms. The van der Waals surface area contributed by atoms with Crippen molar-refractivity contribution < 1.29 is 13.2 Å². The van der Waals surface area contributed by atoms with E-state index in [1.54, 1.807) is 62.4 Å². The molecular formula is C18H18N2O3S. The molecule has 0 unspecified atom stereocenters. The molecule has 0 fully saturated rings. The van der Waals surface area contributed by atoms with Gasteiger partial charge in [-0.05, 0) is 37.1 Å². The van der Waals surface area contributed by atoms with E-state index in [9.17, 15) is 13.2 Å². The summed E-state index contributed by atoms with van der Waals surface area (Å²) < 4.78 is 26.6. The van der Waals surface area contributed by atoms with Crippen LogP contribution < -0.4 is 4.72 Å². The van der Waals surface area contributed by atoms with E-state index in [4.69, 9.17) is 5.26 Å². The fourth-order valence-corrected chi connectivity index (χ4v) is 3.43. The maximum Gasteiger partial charge on any atom is 0.243 e. The minimum absolute atomic E-state index is 0.324. The number of hydrogen-bond acceptors (Lipinski definition) is 4. The lowest BCUT2D eigenvalue weighted by Crippen LogP contribution is -2.43. The highest BCUT2D eigenvalue weighted by atomic mass is 32.2. The Morgan fingerprint density at radius 3 is 2.21 bits per heavy atom. The smallest absolute Gasteiger partial charge is 0.243 e. The fraction of sp³-hybridized carbons (Fsp3) is 0.222. The minimum atomic E-state index is -3.83. The SMILES string of the molecule is CC(C)(C(=O)NS(=O)(=O)Cc1ccc(C#N)cc1)c1ccccc1. The standard InChI is InChI=1S/C18H18N2O3S/c1-18(2,16-6-4-3-5-7-16)17(21)20-24(22,23)13-15-10-8-14(12-19)9-11-15/h3-11H,13H2,1-2H3,(H,20,21). The summed E-state index contributed by atoms with van der Waals surface area (Å²) in [5.41, 5.74) is 0.715. The number of hydrogen-bond donors (Lipinski definition) is 1. The molecule has 0 heterocycles. The normalized spacial score (nSPS) is 11.5. The number of carbonyl (C=O) groups is 1. The number of nitriles is 1. The quantitative estimate of drug-likeness (QED) is 0.904. The molecule has 1 amide bonds. The summed E-state index contributed by atoms with van der Waals surface area (Å²) >= 11 is 0. The van der Waals surface area contributed by atoms with Crippen LogP contribution in [0.5, 0.6) is 0 Å². The van der Waals surface area contributed by atoms with Gasteiger partial charge in [0.05, 0.1) is 22.8 Å². The van der Waals surface area contributed by atoms with Gasteiger partial charge in [0, 0.05) is 0 Å². The predicted molar refractivity (Wildman–Crippen MR) is 91.4 cm³/mol. The summed E-state index contributed by atoms with van der Waals surface area (Å²) in [6.45, 7) is 3.35. The molecule has 6 heteroatoms. The Bertz CT molecular complexity index is 865. The van der Waals surface area contributed by atoms with Gasteiger partial charge in [-0.1, -0.05) is 42.5 Å². The zero-order valence-electron chi connectivity index (χ0n) is 13.5. The van der Waals surface area contributed by atoms with E-state index in [0.29, 0.717) is 11.1 Å². The van der Waals surface area contributed by atoms with Crippen LogP contribution in [0.3, 0.4) is 0 Å². The number of rotatable bonds is 5. The summed E-state index contributed by atoms with van der Waals surface area (Å²) in [6, 6.07) is 17.2. The van der Waals surface area contributed by atoms with Crippen LogP contribution in [0.15, 0.2) is 54.6 Å². The highest BCUT2D eigenvalue weighted by Crippen LogP contribution is 2.23. The fourth-order valence-electron chi connectivity index (χ4n) is 2.19. The van der Waals surface area contributed by atoms with Crippen molar-refractivity contribution in [2.24, 2.45) is 0 Å². The third-order valence-corrected chi connectivity index (χ3v) is 4.96. The second-order valence-electron chi connectivity index (χ2n) is 5.99. The van der Waals surface area contributed by atoms with Crippen LogP contribution in [0.2, 0.25) is 0 Å². The first-order valence-corrected chi connectivity index (χ1v) is 8.99. The highest BCUT2D eigenvalue weighted by molar-refractivity contribution is 7.89. The molecule has 0 aliphatic rings. The summed E-state index contributed by atoms with van der Waals surface area (Å²) in [7, 11) is -3.83. The van der Waals surface area contributed by atoms with Crippen molar-refractivity contribution in [3.05, 3.63) is 71.3 Å². The Hall–Kier alpha value is -2.65. The van der Waals surface area contributed by atoms with Crippen molar-refractivity contribution >= 4 is 15.9 Å². The van der Waals surface area contributed by atoms with Gasteiger partial charge in [-0.15, -0.1) is 0 Å². The molecule has 0 aromatic heterocycles. The predicted octanol–water partition coefficient (Wildman–Crippen LogP) is 2.48. The molecule has 0 saturated heterocycles. The lowest BCUT2D eigenvalue weighted by molar-refractivity contribution is -0.123. The molecule has 0 atom stereocenters. The van der Waals surface area contributed by atoms with Gasteiger partial charge in [-0.2, -0.15) is 5.26 Å². The van der Waals surface area contributed by atoms with Gasteiger partial charge >= 0.3 is 0 Å². The largest absolute Gasteiger partial charge is 0.273 e. The van der Waals surface area contributed by atoms with E-state index in [-0.39, 0.29) is 5.75 Å².